The van der Waals surface area contributed by atoms with Crippen LogP contribution in [0.25, 0.3) is 11.0 Å². The largest absolute Gasteiger partial charge is 0.354 e. The van der Waals surface area contributed by atoms with E-state index < -0.39 is 6.04 Å². The van der Waals surface area contributed by atoms with Crippen molar-refractivity contribution in [1.29, 1.82) is 0 Å². The van der Waals surface area contributed by atoms with E-state index in [-0.39, 0.29) is 17.9 Å². The van der Waals surface area contributed by atoms with Crippen LogP contribution in [0.5, 0.6) is 0 Å². The van der Waals surface area contributed by atoms with Gasteiger partial charge in [-0.05, 0) is 44.4 Å². The number of rotatable bonds is 7. The van der Waals surface area contributed by atoms with Gasteiger partial charge in [-0.2, -0.15) is 0 Å². The molecule has 1 aliphatic heterocycles. The lowest BCUT2D eigenvalue weighted by atomic mass is 10.0. The first kappa shape index (κ1) is 21.1. The smallest absolute Gasteiger partial charge is 0.247 e. The number of piperidine rings is 1. The van der Waals surface area contributed by atoms with Crippen LogP contribution in [0.2, 0.25) is 0 Å². The van der Waals surface area contributed by atoms with Gasteiger partial charge in [0.25, 0.3) is 0 Å². The van der Waals surface area contributed by atoms with Crippen LogP contribution >= 0.6 is 0 Å². The van der Waals surface area contributed by atoms with Crippen molar-refractivity contribution in [2.24, 2.45) is 0 Å². The average molecular weight is 419 g/mol. The van der Waals surface area contributed by atoms with Crippen LogP contribution in [0.3, 0.4) is 0 Å². The maximum atomic E-state index is 13.2. The van der Waals surface area contributed by atoms with Gasteiger partial charge < -0.3 is 14.8 Å². The second-order valence-corrected chi connectivity index (χ2v) is 8.38. The highest BCUT2D eigenvalue weighted by Gasteiger charge is 2.32. The van der Waals surface area contributed by atoms with Crippen LogP contribution in [0.15, 0.2) is 54.6 Å². The highest BCUT2D eigenvalue weighted by molar-refractivity contribution is 5.89. The van der Waals surface area contributed by atoms with Crippen molar-refractivity contribution < 1.29 is 9.59 Å². The predicted octanol–water partition coefficient (Wildman–Crippen LogP) is 4.03. The lowest BCUT2D eigenvalue weighted by Gasteiger charge is -2.34. The number of likely N-dealkylation sites (tertiary alicyclic amines) is 1. The molecule has 2 amide bonds. The quantitative estimate of drug-likeness (QED) is 0.630. The van der Waals surface area contributed by atoms with Gasteiger partial charge in [-0.3, -0.25) is 9.59 Å². The molecule has 1 aliphatic rings. The zero-order chi connectivity index (χ0) is 21.8. The summed E-state index contributed by atoms with van der Waals surface area (Å²) in [5.41, 5.74) is 2.93. The van der Waals surface area contributed by atoms with Crippen molar-refractivity contribution in [3.8, 4) is 0 Å². The van der Waals surface area contributed by atoms with Gasteiger partial charge in [0.1, 0.15) is 11.9 Å². The molecule has 0 spiro atoms. The van der Waals surface area contributed by atoms with Gasteiger partial charge in [-0.1, -0.05) is 42.5 Å². The zero-order valence-electron chi connectivity index (χ0n) is 18.3. The molecule has 0 radical (unpaired) electrons. The highest BCUT2D eigenvalue weighted by Crippen LogP contribution is 2.26. The Morgan fingerprint density at radius 2 is 1.81 bits per heavy atom. The van der Waals surface area contributed by atoms with Crippen molar-refractivity contribution in [1.82, 2.24) is 19.8 Å². The fourth-order valence-corrected chi connectivity index (χ4v) is 4.45. The van der Waals surface area contributed by atoms with Gasteiger partial charge in [-0.25, -0.2) is 4.98 Å². The maximum Gasteiger partial charge on any atom is 0.247 e. The third kappa shape index (κ3) is 4.48. The average Bonchev–Trinajstić information content (AvgIpc) is 3.14. The molecule has 0 aliphatic carbocycles. The first-order valence-electron chi connectivity index (χ1n) is 11.1. The molecule has 2 aromatic carbocycles. The summed E-state index contributed by atoms with van der Waals surface area (Å²) in [6.45, 7) is 5.38. The monoisotopic (exact) mass is 418 g/mol. The van der Waals surface area contributed by atoms with Crippen molar-refractivity contribution in [3.05, 3.63) is 66.0 Å². The Morgan fingerprint density at radius 3 is 2.55 bits per heavy atom. The van der Waals surface area contributed by atoms with E-state index >= 15 is 0 Å². The predicted molar refractivity (Wildman–Crippen MR) is 122 cm³/mol. The Kier molecular flexibility index (Phi) is 6.35. The van der Waals surface area contributed by atoms with Crippen LogP contribution in [-0.4, -0.2) is 39.4 Å². The number of amides is 2. The van der Waals surface area contributed by atoms with Crippen LogP contribution in [0.4, 0.5) is 0 Å². The molecule has 0 saturated carbocycles. The highest BCUT2D eigenvalue weighted by atomic mass is 16.2. The van der Waals surface area contributed by atoms with Crippen molar-refractivity contribution in [2.45, 2.75) is 51.6 Å². The molecule has 0 bridgehead atoms. The summed E-state index contributed by atoms with van der Waals surface area (Å²) in [5, 5.41) is 3.07. The van der Waals surface area contributed by atoms with E-state index in [0.717, 1.165) is 35.3 Å². The van der Waals surface area contributed by atoms with E-state index in [1.165, 1.54) is 0 Å². The summed E-state index contributed by atoms with van der Waals surface area (Å²) in [6.07, 6.45) is 2.97. The molecule has 6 heteroatoms. The van der Waals surface area contributed by atoms with E-state index in [2.05, 4.69) is 29.8 Å². The number of hydrogen-bond donors (Lipinski definition) is 1. The minimum atomic E-state index is -0.585. The number of hydrogen-bond acceptors (Lipinski definition) is 3. The fourth-order valence-electron chi connectivity index (χ4n) is 4.45. The summed E-state index contributed by atoms with van der Waals surface area (Å²) < 4.78 is 2.23. The van der Waals surface area contributed by atoms with Gasteiger partial charge in [0.2, 0.25) is 11.8 Å². The van der Waals surface area contributed by atoms with E-state index in [1.807, 2.05) is 48.5 Å². The molecule has 1 saturated heterocycles. The number of para-hydroxylation sites is 2. The number of nitrogens with zero attached hydrogens (tertiary/aromatic N) is 3. The molecule has 1 aromatic heterocycles. The van der Waals surface area contributed by atoms with Gasteiger partial charge in [0.15, 0.2) is 0 Å². The van der Waals surface area contributed by atoms with Crippen molar-refractivity contribution in [2.75, 3.05) is 13.1 Å². The lowest BCUT2D eigenvalue weighted by molar-refractivity contribution is -0.142. The molecule has 162 valence electrons. The minimum absolute atomic E-state index is 0.0526. The van der Waals surface area contributed by atoms with Gasteiger partial charge >= 0.3 is 0 Å². The SMILES string of the molecule is CC(C)n1c(CCNC(=O)[C@@H](c2ccccc2)N2CCCCC2=O)nc2ccccc21. The van der Waals surface area contributed by atoms with Gasteiger partial charge in [0.05, 0.1) is 11.0 Å². The van der Waals surface area contributed by atoms with E-state index in [0.29, 0.717) is 25.9 Å². The molecular weight excluding hydrogens is 388 g/mol. The van der Waals surface area contributed by atoms with Crippen LogP contribution < -0.4 is 5.32 Å². The molecular formula is C25H30N4O2. The Hall–Kier alpha value is -3.15. The van der Waals surface area contributed by atoms with Gasteiger partial charge in [0, 0.05) is 32.0 Å². The lowest BCUT2D eigenvalue weighted by Crippen LogP contribution is -2.46. The number of nitrogens with one attached hydrogen (secondary N) is 1. The number of carbonyl (C=O) groups is 2. The molecule has 0 unspecified atom stereocenters. The molecule has 1 fully saturated rings. The van der Waals surface area contributed by atoms with Crippen molar-refractivity contribution in [3.63, 3.8) is 0 Å². The van der Waals surface area contributed by atoms with Crippen LogP contribution in [0.1, 0.15) is 56.6 Å². The normalized spacial score (nSPS) is 15.5. The second-order valence-electron chi connectivity index (χ2n) is 8.38. The molecule has 31 heavy (non-hydrogen) atoms. The Labute approximate surface area is 183 Å². The third-order valence-electron chi connectivity index (χ3n) is 5.87. The number of aromatic nitrogens is 2. The van der Waals surface area contributed by atoms with Crippen molar-refractivity contribution >= 4 is 22.8 Å². The number of imidazole rings is 1. The third-order valence-corrected chi connectivity index (χ3v) is 5.87. The molecule has 3 aromatic rings. The van der Waals surface area contributed by atoms with E-state index in [4.69, 9.17) is 4.98 Å². The van der Waals surface area contributed by atoms with E-state index in [9.17, 15) is 9.59 Å². The first-order chi connectivity index (χ1) is 15.1. The van der Waals surface area contributed by atoms with Gasteiger partial charge in [-0.15, -0.1) is 0 Å². The molecule has 1 N–H and O–H groups in total. The Balaban J connectivity index is 1.50. The summed E-state index contributed by atoms with van der Waals surface area (Å²) in [6, 6.07) is 17.4. The second kappa shape index (κ2) is 9.33. The van der Waals surface area contributed by atoms with Crippen LogP contribution in [-0.2, 0) is 16.0 Å². The Morgan fingerprint density at radius 1 is 1.06 bits per heavy atom. The topological polar surface area (TPSA) is 67.2 Å². The zero-order valence-corrected chi connectivity index (χ0v) is 18.3. The summed E-state index contributed by atoms with van der Waals surface area (Å²) in [5.74, 6) is 0.882. The summed E-state index contributed by atoms with van der Waals surface area (Å²) in [7, 11) is 0. The maximum absolute atomic E-state index is 13.2. The molecule has 4 rings (SSSR count). The number of benzene rings is 2. The van der Waals surface area contributed by atoms with E-state index in [1.54, 1.807) is 4.90 Å². The van der Waals surface area contributed by atoms with Crippen LogP contribution in [0, 0.1) is 0 Å². The summed E-state index contributed by atoms with van der Waals surface area (Å²) >= 11 is 0. The number of fused-ring (bicyclic) bond motifs is 1. The Bertz CT molecular complexity index is 1060. The molecule has 6 nitrogen and oxygen atoms in total. The molecule has 2 heterocycles. The minimum Gasteiger partial charge on any atom is -0.354 e. The summed E-state index contributed by atoms with van der Waals surface area (Å²) in [4.78, 5) is 32.3. The number of carbonyl (C=O) groups excluding carboxylic acids is 2. The standard InChI is InChI=1S/C25H30N4O2/c1-18(2)29-21-13-7-6-12-20(21)27-22(29)15-16-26-25(31)24(19-10-4-3-5-11-19)28-17-9-8-14-23(28)30/h3-7,10-13,18,24H,8-9,14-17H2,1-2H3,(H,26,31)/t24-/m1/s1. The fraction of sp³-hybridized carbons (Fsp3) is 0.400. The first-order valence-corrected chi connectivity index (χ1v) is 11.1. The molecule has 1 atom stereocenters.